The van der Waals surface area contributed by atoms with Crippen molar-refractivity contribution >= 4 is 10.8 Å². The van der Waals surface area contributed by atoms with Crippen molar-refractivity contribution in [3.63, 3.8) is 0 Å². The Morgan fingerprint density at radius 2 is 1.79 bits per heavy atom. The largest absolute Gasteiger partial charge is 0.465 e. The van der Waals surface area contributed by atoms with Crippen molar-refractivity contribution in [1.29, 1.82) is 0 Å². The van der Waals surface area contributed by atoms with E-state index in [9.17, 15) is 5.11 Å². The highest BCUT2D eigenvalue weighted by Gasteiger charge is 2.22. The third-order valence-electron chi connectivity index (χ3n) is 4.38. The number of hydrogen-bond donors (Lipinski definition) is 2. The summed E-state index contributed by atoms with van der Waals surface area (Å²) in [7, 11) is 0. The first kappa shape index (κ1) is 16.7. The molecule has 0 saturated carbocycles. The van der Waals surface area contributed by atoms with E-state index >= 15 is 0 Å². The van der Waals surface area contributed by atoms with Gasteiger partial charge >= 0.3 is 0 Å². The SMILES string of the molecule is Cc1ccc(CC(C)(C)NCC(O)c2occ3ccccc23)cc1. The minimum Gasteiger partial charge on any atom is -0.465 e. The van der Waals surface area contributed by atoms with Crippen molar-refractivity contribution in [3.8, 4) is 0 Å². The van der Waals surface area contributed by atoms with Gasteiger partial charge in [-0.15, -0.1) is 0 Å². The standard InChI is InChI=1S/C21H25NO2/c1-15-8-10-16(11-9-15)12-21(2,3)22-13-19(23)20-18-7-5-4-6-17(18)14-24-20/h4-11,14,19,22-23H,12-13H2,1-3H3. The van der Waals surface area contributed by atoms with Crippen LogP contribution < -0.4 is 5.32 Å². The molecule has 3 nitrogen and oxygen atoms in total. The Morgan fingerprint density at radius 1 is 1.08 bits per heavy atom. The van der Waals surface area contributed by atoms with Gasteiger partial charge in [0, 0.05) is 22.9 Å². The molecule has 126 valence electrons. The maximum Gasteiger partial charge on any atom is 0.141 e. The maximum atomic E-state index is 10.5. The fraction of sp³-hybridized carbons (Fsp3) is 0.333. The molecule has 1 atom stereocenters. The number of benzene rings is 2. The van der Waals surface area contributed by atoms with Crippen LogP contribution in [-0.2, 0) is 6.42 Å². The summed E-state index contributed by atoms with van der Waals surface area (Å²) in [5, 5.41) is 16.0. The van der Waals surface area contributed by atoms with Gasteiger partial charge in [-0.05, 0) is 32.8 Å². The van der Waals surface area contributed by atoms with Crippen molar-refractivity contribution in [3.05, 3.63) is 71.7 Å². The first-order valence-corrected chi connectivity index (χ1v) is 8.39. The predicted molar refractivity (Wildman–Crippen MR) is 98.1 cm³/mol. The monoisotopic (exact) mass is 323 g/mol. The van der Waals surface area contributed by atoms with Crippen LogP contribution >= 0.6 is 0 Å². The summed E-state index contributed by atoms with van der Waals surface area (Å²) < 4.78 is 5.58. The van der Waals surface area contributed by atoms with Crippen LogP contribution in [0.1, 0.15) is 36.8 Å². The second-order valence-corrected chi connectivity index (χ2v) is 7.13. The van der Waals surface area contributed by atoms with Gasteiger partial charge in [0.15, 0.2) is 0 Å². The molecule has 0 aliphatic carbocycles. The highest BCUT2D eigenvalue weighted by molar-refractivity contribution is 5.84. The highest BCUT2D eigenvalue weighted by atomic mass is 16.4. The molecule has 0 aliphatic heterocycles. The highest BCUT2D eigenvalue weighted by Crippen LogP contribution is 2.26. The summed E-state index contributed by atoms with van der Waals surface area (Å²) in [6, 6.07) is 16.5. The van der Waals surface area contributed by atoms with Crippen molar-refractivity contribution in [2.45, 2.75) is 38.8 Å². The zero-order valence-electron chi connectivity index (χ0n) is 14.5. The van der Waals surface area contributed by atoms with E-state index in [1.54, 1.807) is 6.26 Å². The molecule has 2 aromatic carbocycles. The molecule has 3 aromatic rings. The van der Waals surface area contributed by atoms with Gasteiger partial charge in [0.05, 0.1) is 6.26 Å². The van der Waals surface area contributed by atoms with E-state index in [1.807, 2.05) is 24.3 Å². The molecule has 0 spiro atoms. The van der Waals surface area contributed by atoms with Gasteiger partial charge in [-0.1, -0.05) is 54.1 Å². The molecule has 1 heterocycles. The average Bonchev–Trinajstić information content (AvgIpc) is 2.99. The van der Waals surface area contributed by atoms with E-state index in [1.165, 1.54) is 11.1 Å². The maximum absolute atomic E-state index is 10.5. The molecule has 0 radical (unpaired) electrons. The number of rotatable bonds is 6. The van der Waals surface area contributed by atoms with Crippen LogP contribution in [-0.4, -0.2) is 17.2 Å². The van der Waals surface area contributed by atoms with Crippen LogP contribution in [0.3, 0.4) is 0 Å². The summed E-state index contributed by atoms with van der Waals surface area (Å²) in [6.07, 6.45) is 1.94. The summed E-state index contributed by atoms with van der Waals surface area (Å²) in [6.45, 7) is 6.85. The molecule has 0 bridgehead atoms. The van der Waals surface area contributed by atoms with Crippen molar-refractivity contribution < 1.29 is 9.52 Å². The molecule has 3 rings (SSSR count). The van der Waals surface area contributed by atoms with Gasteiger partial charge in [0.25, 0.3) is 0 Å². The van der Waals surface area contributed by atoms with E-state index in [4.69, 9.17) is 4.42 Å². The van der Waals surface area contributed by atoms with E-state index < -0.39 is 6.10 Å². The average molecular weight is 323 g/mol. The first-order chi connectivity index (χ1) is 11.4. The van der Waals surface area contributed by atoms with Gasteiger partial charge in [-0.3, -0.25) is 0 Å². The number of β-amino-alcohol motifs (C(OH)–C–C–N with tert-alkyl or cyclic N) is 1. The molecule has 1 unspecified atom stereocenters. The van der Waals surface area contributed by atoms with Crippen molar-refractivity contribution in [2.24, 2.45) is 0 Å². The Morgan fingerprint density at radius 3 is 2.54 bits per heavy atom. The topological polar surface area (TPSA) is 45.4 Å². The quantitative estimate of drug-likeness (QED) is 0.707. The zero-order valence-corrected chi connectivity index (χ0v) is 14.5. The van der Waals surface area contributed by atoms with Gasteiger partial charge in [0.2, 0.25) is 0 Å². The fourth-order valence-corrected chi connectivity index (χ4v) is 3.02. The van der Waals surface area contributed by atoms with Crippen LogP contribution in [0.15, 0.2) is 59.2 Å². The summed E-state index contributed by atoms with van der Waals surface area (Å²) >= 11 is 0. The van der Waals surface area contributed by atoms with Crippen molar-refractivity contribution in [1.82, 2.24) is 5.32 Å². The lowest BCUT2D eigenvalue weighted by atomic mass is 9.94. The minimum atomic E-state index is -0.665. The number of aliphatic hydroxyl groups is 1. The molecule has 3 heteroatoms. The van der Waals surface area contributed by atoms with Gasteiger partial charge < -0.3 is 14.8 Å². The molecule has 0 amide bonds. The second kappa shape index (κ2) is 6.80. The minimum absolute atomic E-state index is 0.112. The van der Waals surface area contributed by atoms with E-state index in [0.29, 0.717) is 12.3 Å². The Labute approximate surface area is 143 Å². The third kappa shape index (κ3) is 3.86. The molecular formula is C21H25NO2. The molecule has 0 aliphatic rings. The Hall–Kier alpha value is -2.10. The van der Waals surface area contributed by atoms with Crippen LogP contribution in [0.4, 0.5) is 0 Å². The van der Waals surface area contributed by atoms with E-state index in [0.717, 1.165) is 17.2 Å². The van der Waals surface area contributed by atoms with Gasteiger partial charge in [-0.25, -0.2) is 0 Å². The molecular weight excluding hydrogens is 298 g/mol. The van der Waals surface area contributed by atoms with E-state index in [2.05, 4.69) is 50.4 Å². The number of hydrogen-bond acceptors (Lipinski definition) is 3. The molecule has 0 saturated heterocycles. The van der Waals surface area contributed by atoms with Crippen LogP contribution in [0, 0.1) is 6.92 Å². The summed E-state index contributed by atoms with van der Waals surface area (Å²) in [5.74, 6) is 0.629. The fourth-order valence-electron chi connectivity index (χ4n) is 3.02. The Kier molecular flexibility index (Phi) is 4.74. The lowest BCUT2D eigenvalue weighted by Gasteiger charge is -2.28. The Bertz CT molecular complexity index is 802. The lowest BCUT2D eigenvalue weighted by molar-refractivity contribution is 0.138. The number of aryl methyl sites for hydroxylation is 1. The van der Waals surface area contributed by atoms with Gasteiger partial charge in [-0.2, -0.15) is 0 Å². The zero-order chi connectivity index (χ0) is 17.2. The third-order valence-corrected chi connectivity index (χ3v) is 4.38. The molecule has 24 heavy (non-hydrogen) atoms. The first-order valence-electron chi connectivity index (χ1n) is 8.39. The van der Waals surface area contributed by atoms with Crippen LogP contribution in [0.2, 0.25) is 0 Å². The lowest BCUT2D eigenvalue weighted by Crippen LogP contribution is -2.43. The number of aliphatic hydroxyl groups excluding tert-OH is 1. The number of furan rings is 1. The van der Waals surface area contributed by atoms with E-state index in [-0.39, 0.29) is 5.54 Å². The summed E-state index contributed by atoms with van der Waals surface area (Å²) in [4.78, 5) is 0. The number of nitrogens with one attached hydrogen (secondary N) is 1. The van der Waals surface area contributed by atoms with Crippen LogP contribution in [0.25, 0.3) is 10.8 Å². The second-order valence-electron chi connectivity index (χ2n) is 7.13. The summed E-state index contributed by atoms with van der Waals surface area (Å²) in [5.41, 5.74) is 2.44. The Balaban J connectivity index is 1.64. The van der Waals surface area contributed by atoms with Crippen LogP contribution in [0.5, 0.6) is 0 Å². The van der Waals surface area contributed by atoms with Crippen molar-refractivity contribution in [2.75, 3.05) is 6.54 Å². The normalized spacial score (nSPS) is 13.3. The molecule has 2 N–H and O–H groups in total. The smallest absolute Gasteiger partial charge is 0.141 e. The number of fused-ring (bicyclic) bond motifs is 1. The predicted octanol–water partition coefficient (Wildman–Crippen LogP) is 4.39. The van der Waals surface area contributed by atoms with Gasteiger partial charge in [0.1, 0.15) is 11.9 Å². The molecule has 0 fully saturated rings. The molecule has 1 aromatic heterocycles.